The van der Waals surface area contributed by atoms with E-state index in [0.29, 0.717) is 16.2 Å². The molecule has 0 aromatic heterocycles. The first-order chi connectivity index (χ1) is 2.00. The van der Waals surface area contributed by atoms with Gasteiger partial charge in [0.25, 0.3) is 0 Å². The summed E-state index contributed by atoms with van der Waals surface area (Å²) < 4.78 is 16.7. The van der Waals surface area contributed by atoms with Crippen molar-refractivity contribution in [3.05, 3.63) is 0 Å². The maximum absolute atomic E-state index is 8.38. The van der Waals surface area contributed by atoms with E-state index in [9.17, 15) is 0 Å². The van der Waals surface area contributed by atoms with E-state index < -0.39 is 0 Å². The summed E-state index contributed by atoms with van der Waals surface area (Å²) in [5, 5.41) is 0. The van der Waals surface area contributed by atoms with Crippen molar-refractivity contribution in [2.75, 3.05) is 0 Å². The summed E-state index contributed by atoms with van der Waals surface area (Å²) in [6, 6.07) is 0. The normalized spacial score (nSPS) is 2.25. The monoisotopic (exact) mass is 124 g/mol. The van der Waals surface area contributed by atoms with Gasteiger partial charge in [-0.25, -0.2) is 0 Å². The number of rotatable bonds is 0. The van der Waals surface area contributed by atoms with Gasteiger partial charge in [0.1, 0.15) is 0 Å². The van der Waals surface area contributed by atoms with Crippen LogP contribution in [0.15, 0.2) is 0 Å². The Morgan fingerprint density at radius 2 is 1.25 bits per heavy atom. The van der Waals surface area contributed by atoms with Gasteiger partial charge in [0, 0.05) is 0 Å². The van der Waals surface area contributed by atoms with Crippen LogP contribution in [0.1, 0.15) is 0 Å². The van der Waals surface area contributed by atoms with Crippen molar-refractivity contribution in [1.82, 2.24) is 0 Å². The van der Waals surface area contributed by atoms with Crippen LogP contribution in [0.5, 0.6) is 0 Å². The Labute approximate surface area is 42.1 Å². The van der Waals surface area contributed by atoms with Gasteiger partial charge in [-0.2, -0.15) is 0 Å². The molecule has 0 spiro atoms. The van der Waals surface area contributed by atoms with E-state index in [1.54, 1.807) is 0 Å². The Morgan fingerprint density at radius 1 is 1.25 bits per heavy atom. The SMILES string of the molecule is [O]=[AlH].[O]=[Zn]. The van der Waals surface area contributed by atoms with E-state index >= 15 is 0 Å². The van der Waals surface area contributed by atoms with Gasteiger partial charge in [0.15, 0.2) is 0 Å². The molecule has 4 heavy (non-hydrogen) atoms. The fourth-order valence-corrected chi connectivity index (χ4v) is 0. The first kappa shape index (κ1) is 8.83. The van der Waals surface area contributed by atoms with Crippen molar-refractivity contribution >= 4 is 16.2 Å². The van der Waals surface area contributed by atoms with Crippen molar-refractivity contribution in [3.63, 3.8) is 0 Å². The minimum atomic E-state index is 0.125. The summed E-state index contributed by atoms with van der Waals surface area (Å²) in [6.45, 7) is 0. The average Bonchev–Trinajstić information content (AvgIpc) is 1.50. The predicted octanol–water partition coefficient (Wildman–Crippen LogP) is -0.889. The van der Waals surface area contributed by atoms with Gasteiger partial charge in [0.2, 0.25) is 0 Å². The molecule has 0 unspecified atom stereocenters. The molecule has 0 bridgehead atoms. The van der Waals surface area contributed by atoms with Crippen molar-refractivity contribution in [3.8, 4) is 0 Å². The topological polar surface area (TPSA) is 34.1 Å². The van der Waals surface area contributed by atoms with E-state index in [-0.39, 0.29) is 18.3 Å². The molecule has 0 aliphatic heterocycles. The fraction of sp³-hybridized carbons (Fsp3) is 0. The molecular formula is HAlO2Zn. The van der Waals surface area contributed by atoms with E-state index in [1.165, 1.54) is 0 Å². The van der Waals surface area contributed by atoms with Crippen molar-refractivity contribution in [2.45, 2.75) is 0 Å². The third kappa shape index (κ3) is 14.9. The van der Waals surface area contributed by atoms with Crippen LogP contribution < -0.4 is 0 Å². The quantitative estimate of drug-likeness (QED) is 0.394. The molecular weight excluding hydrogens is 124 g/mol. The van der Waals surface area contributed by atoms with Gasteiger partial charge < -0.3 is 0 Å². The molecule has 0 heterocycles. The average molecular weight is 125 g/mol. The Morgan fingerprint density at radius 3 is 1.25 bits per heavy atom. The van der Waals surface area contributed by atoms with Crippen molar-refractivity contribution < 1.29 is 25.6 Å². The summed E-state index contributed by atoms with van der Waals surface area (Å²) in [6.07, 6.45) is 0. The molecule has 0 rings (SSSR count). The molecule has 0 fully saturated rings. The van der Waals surface area contributed by atoms with Gasteiger partial charge in [-0.05, 0) is 0 Å². The Balaban J connectivity index is 0. The third-order valence-corrected chi connectivity index (χ3v) is 0. The second-order valence-corrected chi connectivity index (χ2v) is 0. The van der Waals surface area contributed by atoms with Crippen molar-refractivity contribution in [2.24, 2.45) is 0 Å². The zero-order valence-corrected chi connectivity index (χ0v) is 6.61. The summed E-state index contributed by atoms with van der Waals surface area (Å²) in [5.41, 5.74) is 0. The van der Waals surface area contributed by atoms with E-state index in [0.717, 1.165) is 0 Å². The molecule has 2 nitrogen and oxygen atoms in total. The van der Waals surface area contributed by atoms with Gasteiger partial charge in [0.05, 0.1) is 0 Å². The molecule has 0 aliphatic rings. The molecule has 4 heteroatoms. The summed E-state index contributed by atoms with van der Waals surface area (Å²) in [7, 11) is 0. The summed E-state index contributed by atoms with van der Waals surface area (Å²) in [4.78, 5) is 0. The van der Waals surface area contributed by atoms with Gasteiger partial charge in [-0.1, -0.05) is 0 Å². The molecule has 0 radical (unpaired) electrons. The van der Waals surface area contributed by atoms with Crippen LogP contribution in [-0.4, -0.2) is 16.2 Å². The molecule has 0 saturated carbocycles. The first-order valence-electron chi connectivity index (χ1n) is 0.577. The molecule has 18 valence electrons. The maximum atomic E-state index is 8.38. The van der Waals surface area contributed by atoms with E-state index in [1.807, 2.05) is 0 Å². The first-order valence-corrected chi connectivity index (χ1v) is 2.37. The van der Waals surface area contributed by atoms with Crippen LogP contribution in [0.25, 0.3) is 0 Å². The number of hydrogen-bond donors (Lipinski definition) is 0. The van der Waals surface area contributed by atoms with Crippen LogP contribution in [0.2, 0.25) is 0 Å². The second kappa shape index (κ2) is 49.9. The van der Waals surface area contributed by atoms with Crippen LogP contribution >= 0.6 is 0 Å². The van der Waals surface area contributed by atoms with Crippen LogP contribution in [-0.2, 0) is 25.6 Å². The molecule has 0 saturated heterocycles. The zero-order valence-electron chi connectivity index (χ0n) is 2.23. The molecule has 0 aromatic rings. The van der Waals surface area contributed by atoms with E-state index in [2.05, 4.69) is 0 Å². The Bertz CT molecular complexity index is 8.00. The number of hydrogen-bond acceptors (Lipinski definition) is 2. The van der Waals surface area contributed by atoms with Crippen LogP contribution in [0, 0.1) is 0 Å². The minimum absolute atomic E-state index is 0.125. The molecule has 0 atom stereocenters. The van der Waals surface area contributed by atoms with Crippen LogP contribution in [0.3, 0.4) is 0 Å². The second-order valence-electron chi connectivity index (χ2n) is 0. The van der Waals surface area contributed by atoms with Crippen molar-refractivity contribution in [1.29, 1.82) is 0 Å². The van der Waals surface area contributed by atoms with Gasteiger partial charge >= 0.3 is 41.9 Å². The molecule has 0 aliphatic carbocycles. The third-order valence-electron chi connectivity index (χ3n) is 0. The zero-order chi connectivity index (χ0) is 4.00. The standard InChI is InChI=1S/Al.2O.Zn.H. The van der Waals surface area contributed by atoms with Gasteiger partial charge in [-0.3, -0.25) is 0 Å². The molecule has 0 N–H and O–H groups in total. The predicted molar refractivity (Wildman–Crippen MR) is 8.52 cm³/mol. The molecule has 0 amide bonds. The Hall–Kier alpha value is 0.756. The Kier molecular flexibility index (Phi) is 110. The molecule has 0 aromatic carbocycles. The van der Waals surface area contributed by atoms with Crippen LogP contribution in [0.4, 0.5) is 0 Å². The van der Waals surface area contributed by atoms with E-state index in [4.69, 9.17) is 7.38 Å². The summed E-state index contributed by atoms with van der Waals surface area (Å²) in [5.74, 6) is 0. The fourth-order valence-electron chi connectivity index (χ4n) is 0. The van der Waals surface area contributed by atoms with Gasteiger partial charge in [-0.15, -0.1) is 0 Å². The summed E-state index contributed by atoms with van der Waals surface area (Å²) >= 11 is 0.736.